The van der Waals surface area contributed by atoms with Crippen LogP contribution in [0, 0.1) is 6.20 Å². The predicted octanol–water partition coefficient (Wildman–Crippen LogP) is -1.35. The molecule has 1 heterocycles. The zero-order valence-electron chi connectivity index (χ0n) is 4.46. The molecule has 0 fully saturated rings. The average molecular weight is 163 g/mol. The van der Waals surface area contributed by atoms with Gasteiger partial charge in [0.15, 0.2) is 0 Å². The molecule has 1 aromatic heterocycles. The molecule has 9 heavy (non-hydrogen) atoms. The Morgan fingerprint density at radius 3 is 2.67 bits per heavy atom. The summed E-state index contributed by atoms with van der Waals surface area (Å²) < 4.78 is 0. The third-order valence-electron chi connectivity index (χ3n) is 0.731. The number of hydrogen-bond acceptors (Lipinski definition) is 3. The molecule has 0 unspecified atom stereocenters. The molecule has 1 rings (SSSR count). The van der Waals surface area contributed by atoms with Crippen molar-refractivity contribution in [1.29, 1.82) is 0 Å². The summed E-state index contributed by atoms with van der Waals surface area (Å²) in [4.78, 5) is 0. The van der Waals surface area contributed by atoms with Gasteiger partial charge in [-0.25, -0.2) is 6.07 Å². The molecule has 0 aliphatic heterocycles. The van der Waals surface area contributed by atoms with Crippen LogP contribution in [0.15, 0.2) is 6.07 Å². The minimum atomic E-state index is 0. The van der Waals surface area contributed by atoms with Crippen molar-refractivity contribution in [3.8, 4) is 0 Å². The van der Waals surface area contributed by atoms with Crippen molar-refractivity contribution in [3.63, 3.8) is 0 Å². The van der Waals surface area contributed by atoms with Crippen LogP contribution in [0.4, 0.5) is 5.82 Å². The normalized spacial score (nSPS) is 8.00. The molecule has 47 valence electrons. The Labute approximate surface area is 64.7 Å². The molecule has 0 aliphatic carbocycles. The van der Waals surface area contributed by atoms with Gasteiger partial charge in [-0.1, -0.05) is 0 Å². The first-order chi connectivity index (χ1) is 3.80. The first kappa shape index (κ1) is 8.45. The summed E-state index contributed by atoms with van der Waals surface area (Å²) in [6.07, 6.45) is 2.44. The van der Waals surface area contributed by atoms with Gasteiger partial charge >= 0.3 is 0 Å². The second-order valence-corrected chi connectivity index (χ2v) is 1.31. The number of anilines is 1. The fraction of sp³-hybridized carbons (Fsp3) is 0. The molecule has 3 nitrogen and oxygen atoms in total. The number of nitrogens with zero attached hydrogens (tertiary/aromatic N) is 2. The van der Waals surface area contributed by atoms with Crippen LogP contribution < -0.4 is 11.2 Å². The minimum Gasteiger partial charge on any atom is -0.397 e. The molecule has 0 amide bonds. The first-order valence-electron chi connectivity index (χ1n) is 2.05. The molecule has 0 atom stereocenters. The van der Waals surface area contributed by atoms with Gasteiger partial charge in [0, 0.05) is 16.8 Å². The summed E-state index contributed by atoms with van der Waals surface area (Å²) in [6.45, 7) is 0. The van der Waals surface area contributed by atoms with Crippen LogP contribution in [0.2, 0.25) is 0 Å². The molecular formula is C4H3BCoN3-. The zero-order valence-corrected chi connectivity index (χ0v) is 5.50. The van der Waals surface area contributed by atoms with Crippen molar-refractivity contribution in [2.45, 2.75) is 0 Å². The van der Waals surface area contributed by atoms with Crippen molar-refractivity contribution in [2.75, 3.05) is 5.73 Å². The molecule has 0 bridgehead atoms. The van der Waals surface area contributed by atoms with E-state index in [0.717, 1.165) is 0 Å². The largest absolute Gasteiger partial charge is 0.397 e. The number of nitrogens with two attached hydrogens (primary N) is 1. The van der Waals surface area contributed by atoms with E-state index < -0.39 is 0 Å². The maximum atomic E-state index is 5.26. The summed E-state index contributed by atoms with van der Waals surface area (Å²) >= 11 is 0. The Morgan fingerprint density at radius 1 is 1.67 bits per heavy atom. The Morgan fingerprint density at radius 2 is 2.33 bits per heavy atom. The maximum absolute atomic E-state index is 5.26. The topological polar surface area (TPSA) is 51.8 Å². The van der Waals surface area contributed by atoms with Crippen LogP contribution in [0.5, 0.6) is 0 Å². The Balaban J connectivity index is 0.000000640. The van der Waals surface area contributed by atoms with E-state index in [9.17, 15) is 0 Å². The number of rotatable bonds is 0. The Hall–Kier alpha value is -0.549. The van der Waals surface area contributed by atoms with Gasteiger partial charge in [0.25, 0.3) is 0 Å². The predicted molar refractivity (Wildman–Crippen MR) is 30.7 cm³/mol. The molecule has 2 N–H and O–H groups in total. The van der Waals surface area contributed by atoms with Gasteiger partial charge in [-0.2, -0.15) is 10.6 Å². The summed E-state index contributed by atoms with van der Waals surface area (Å²) in [6, 6.07) is 1.47. The van der Waals surface area contributed by atoms with Gasteiger partial charge in [-0.15, -0.1) is 6.20 Å². The standard InChI is InChI=1S/C4H3BN3.Co/c5-3-1-2-7-8-4(3)6;/h1H,(H2,6,8);/q-1;. The van der Waals surface area contributed by atoms with Crippen molar-refractivity contribution in [1.82, 2.24) is 10.2 Å². The van der Waals surface area contributed by atoms with E-state index in [1.165, 1.54) is 6.07 Å². The van der Waals surface area contributed by atoms with E-state index in [1.807, 2.05) is 0 Å². The van der Waals surface area contributed by atoms with E-state index in [-0.39, 0.29) is 22.6 Å². The van der Waals surface area contributed by atoms with Crippen molar-refractivity contribution in [2.24, 2.45) is 0 Å². The second kappa shape index (κ2) is 3.47. The van der Waals surface area contributed by atoms with Crippen molar-refractivity contribution < 1.29 is 16.8 Å². The SMILES string of the molecule is [B]c1c[c-]nnc1N.[Co]. The molecule has 0 aliphatic rings. The van der Waals surface area contributed by atoms with Crippen molar-refractivity contribution >= 4 is 19.1 Å². The van der Waals surface area contributed by atoms with Gasteiger partial charge in [0.05, 0.1) is 5.82 Å². The summed E-state index contributed by atoms with van der Waals surface area (Å²) in [5.74, 6) is 0.253. The van der Waals surface area contributed by atoms with Gasteiger partial charge in [-0.3, -0.25) is 5.10 Å². The van der Waals surface area contributed by atoms with Gasteiger partial charge in [0.1, 0.15) is 0 Å². The molecule has 5 heteroatoms. The first-order valence-corrected chi connectivity index (χ1v) is 2.05. The minimum absolute atomic E-state index is 0. The summed E-state index contributed by atoms with van der Waals surface area (Å²) in [5.41, 5.74) is 5.62. The number of aromatic nitrogens is 2. The van der Waals surface area contributed by atoms with Crippen LogP contribution in [0.1, 0.15) is 0 Å². The Bertz CT molecular complexity index is 172. The van der Waals surface area contributed by atoms with Crippen molar-refractivity contribution in [3.05, 3.63) is 12.3 Å². The maximum Gasteiger partial charge on any atom is 0.0574 e. The summed E-state index contributed by atoms with van der Waals surface area (Å²) in [5, 5.41) is 6.79. The second-order valence-electron chi connectivity index (χ2n) is 1.31. The fourth-order valence-corrected chi connectivity index (χ4v) is 0.313. The number of hydrogen-bond donors (Lipinski definition) is 1. The third kappa shape index (κ3) is 2.03. The zero-order chi connectivity index (χ0) is 5.98. The van der Waals surface area contributed by atoms with Crippen LogP contribution in [0.3, 0.4) is 0 Å². The number of nitrogen functional groups attached to an aromatic ring is 1. The van der Waals surface area contributed by atoms with E-state index >= 15 is 0 Å². The molecule has 3 radical (unpaired) electrons. The van der Waals surface area contributed by atoms with E-state index in [1.54, 1.807) is 0 Å². The quantitative estimate of drug-likeness (QED) is 0.380. The molecule has 0 saturated carbocycles. The Kier molecular flexibility index (Phi) is 3.26. The fourth-order valence-electron chi connectivity index (χ4n) is 0.313. The van der Waals surface area contributed by atoms with Crippen LogP contribution in [-0.2, 0) is 16.8 Å². The van der Waals surface area contributed by atoms with Crippen LogP contribution in [-0.4, -0.2) is 18.0 Å². The smallest absolute Gasteiger partial charge is 0.0574 e. The van der Waals surface area contributed by atoms with Crippen LogP contribution >= 0.6 is 0 Å². The molecule has 0 saturated heterocycles. The molecule has 1 aromatic rings. The van der Waals surface area contributed by atoms with Crippen LogP contribution in [0.25, 0.3) is 0 Å². The molecule has 0 spiro atoms. The van der Waals surface area contributed by atoms with Gasteiger partial charge in [-0.05, 0) is 7.85 Å². The van der Waals surface area contributed by atoms with Gasteiger partial charge in [0.2, 0.25) is 0 Å². The molecule has 0 aromatic carbocycles. The van der Waals surface area contributed by atoms with E-state index in [2.05, 4.69) is 16.4 Å². The summed E-state index contributed by atoms with van der Waals surface area (Å²) in [7, 11) is 5.26. The van der Waals surface area contributed by atoms with Gasteiger partial charge < -0.3 is 5.73 Å². The van der Waals surface area contributed by atoms with E-state index in [4.69, 9.17) is 13.6 Å². The molecular weight excluding hydrogens is 160 g/mol. The van der Waals surface area contributed by atoms with E-state index in [0.29, 0.717) is 5.46 Å². The monoisotopic (exact) mass is 163 g/mol. The average Bonchev–Trinajstić information content (AvgIpc) is 1.77. The third-order valence-corrected chi connectivity index (χ3v) is 0.731.